The highest BCUT2D eigenvalue weighted by molar-refractivity contribution is 7.99. The van der Waals surface area contributed by atoms with E-state index in [1.807, 2.05) is 12.3 Å². The number of aromatic nitrogens is 3. The molecule has 4 atom stereocenters. The Morgan fingerprint density at radius 1 is 1.27 bits per heavy atom. The van der Waals surface area contributed by atoms with E-state index in [1.54, 1.807) is 13.3 Å². The Morgan fingerprint density at radius 2 is 2.11 bits per heavy atom. The predicted octanol–water partition coefficient (Wildman–Crippen LogP) is 2.08. The van der Waals surface area contributed by atoms with Gasteiger partial charge in [0.25, 0.3) is 0 Å². The number of fused-ring (bicyclic) bond motifs is 3. The van der Waals surface area contributed by atoms with Crippen LogP contribution in [0.3, 0.4) is 0 Å². The minimum absolute atomic E-state index is 0.0386. The fraction of sp³-hybridized carbons (Fsp3) is 0.654. The Hall–Kier alpha value is -2.18. The molecule has 0 amide bonds. The van der Waals surface area contributed by atoms with Crippen molar-refractivity contribution in [3.63, 3.8) is 0 Å². The molecule has 3 fully saturated rings. The topological polar surface area (TPSA) is 119 Å². The highest BCUT2D eigenvalue weighted by Crippen LogP contribution is 2.45. The maximum absolute atomic E-state index is 10.2. The Bertz CT molecular complexity index is 1130. The second-order valence-corrected chi connectivity index (χ2v) is 11.8. The lowest BCUT2D eigenvalue weighted by atomic mass is 9.73. The summed E-state index contributed by atoms with van der Waals surface area (Å²) in [5.74, 6) is 2.92. The Kier molecular flexibility index (Phi) is 6.91. The van der Waals surface area contributed by atoms with Crippen LogP contribution in [-0.4, -0.2) is 84.8 Å². The van der Waals surface area contributed by atoms with Gasteiger partial charge in [-0.05, 0) is 32.3 Å². The molecule has 4 aliphatic rings. The number of nitrogens with zero attached hydrogens (tertiary/aromatic N) is 5. The molecule has 2 aromatic rings. The van der Waals surface area contributed by atoms with Crippen LogP contribution in [0.4, 0.5) is 11.6 Å². The molecular formula is C26H36N6O4S. The zero-order valence-electron chi connectivity index (χ0n) is 21.5. The number of pyridine rings is 1. The van der Waals surface area contributed by atoms with Crippen molar-refractivity contribution in [1.29, 1.82) is 0 Å². The van der Waals surface area contributed by atoms with E-state index in [0.29, 0.717) is 24.3 Å². The predicted molar refractivity (Wildman–Crippen MR) is 140 cm³/mol. The largest absolute Gasteiger partial charge is 0.486 e. The highest BCUT2D eigenvalue weighted by atomic mass is 32.2. The third kappa shape index (κ3) is 4.54. The Labute approximate surface area is 221 Å². The van der Waals surface area contributed by atoms with E-state index in [9.17, 15) is 5.11 Å². The molecule has 0 saturated carbocycles. The number of ether oxygens (including phenoxy) is 3. The van der Waals surface area contributed by atoms with Gasteiger partial charge < -0.3 is 34.9 Å². The molecule has 0 aliphatic carbocycles. The minimum Gasteiger partial charge on any atom is -0.486 e. The second-order valence-electron chi connectivity index (χ2n) is 10.8. The number of anilines is 2. The van der Waals surface area contributed by atoms with Gasteiger partial charge in [0.1, 0.15) is 17.3 Å². The summed E-state index contributed by atoms with van der Waals surface area (Å²) in [7, 11) is 1.75. The summed E-state index contributed by atoms with van der Waals surface area (Å²) in [5, 5.41) is 10.9. The first-order valence-corrected chi connectivity index (χ1v) is 14.0. The van der Waals surface area contributed by atoms with Crippen LogP contribution in [0.5, 0.6) is 5.75 Å². The molecule has 4 aliphatic heterocycles. The van der Waals surface area contributed by atoms with Gasteiger partial charge in [-0.1, -0.05) is 11.8 Å². The average Bonchev–Trinajstić information content (AvgIpc) is 3.46. The van der Waals surface area contributed by atoms with Gasteiger partial charge in [0.15, 0.2) is 17.4 Å². The molecule has 10 nitrogen and oxygen atoms in total. The van der Waals surface area contributed by atoms with Crippen molar-refractivity contribution < 1.29 is 19.3 Å². The summed E-state index contributed by atoms with van der Waals surface area (Å²) >= 11 is 1.50. The van der Waals surface area contributed by atoms with Gasteiger partial charge in [-0.25, -0.2) is 15.0 Å². The van der Waals surface area contributed by atoms with Crippen molar-refractivity contribution in [3.8, 4) is 5.75 Å². The lowest BCUT2D eigenvalue weighted by molar-refractivity contribution is 0.0973. The maximum atomic E-state index is 10.2. The molecule has 37 heavy (non-hydrogen) atoms. The summed E-state index contributed by atoms with van der Waals surface area (Å²) in [6.07, 6.45) is 6.66. The normalized spacial score (nSPS) is 28.3. The minimum atomic E-state index is -0.167. The average molecular weight is 529 g/mol. The first-order valence-electron chi connectivity index (χ1n) is 13.2. The zero-order valence-corrected chi connectivity index (χ0v) is 22.3. The summed E-state index contributed by atoms with van der Waals surface area (Å²) in [5.41, 5.74) is 7.11. The lowest BCUT2D eigenvalue weighted by Gasteiger charge is -2.41. The van der Waals surface area contributed by atoms with Crippen LogP contribution in [0.1, 0.15) is 31.9 Å². The van der Waals surface area contributed by atoms with Gasteiger partial charge in [-0.15, -0.1) is 0 Å². The Morgan fingerprint density at radius 3 is 2.84 bits per heavy atom. The number of piperidine rings is 1. The monoisotopic (exact) mass is 528 g/mol. The lowest BCUT2D eigenvalue weighted by Crippen LogP contribution is -2.51. The molecule has 3 N–H and O–H groups in total. The van der Waals surface area contributed by atoms with E-state index in [-0.39, 0.29) is 24.2 Å². The summed E-state index contributed by atoms with van der Waals surface area (Å²) in [6.45, 7) is 6.58. The molecule has 0 bridgehead atoms. The van der Waals surface area contributed by atoms with Crippen LogP contribution in [-0.2, 0) is 16.1 Å². The van der Waals surface area contributed by atoms with Crippen LogP contribution in [0, 0.1) is 11.3 Å². The second kappa shape index (κ2) is 10.2. The third-order valence-electron chi connectivity index (χ3n) is 8.52. The zero-order chi connectivity index (χ0) is 25.6. The van der Waals surface area contributed by atoms with Crippen molar-refractivity contribution in [1.82, 2.24) is 15.0 Å². The summed E-state index contributed by atoms with van der Waals surface area (Å²) < 4.78 is 17.5. The van der Waals surface area contributed by atoms with E-state index in [2.05, 4.69) is 21.7 Å². The van der Waals surface area contributed by atoms with E-state index in [0.717, 1.165) is 79.4 Å². The van der Waals surface area contributed by atoms with Gasteiger partial charge in [-0.2, -0.15) is 0 Å². The van der Waals surface area contributed by atoms with E-state index < -0.39 is 0 Å². The van der Waals surface area contributed by atoms with Crippen LogP contribution in [0.15, 0.2) is 28.4 Å². The van der Waals surface area contributed by atoms with Crippen LogP contribution < -0.4 is 20.3 Å². The molecule has 0 unspecified atom stereocenters. The maximum Gasteiger partial charge on any atom is 0.175 e. The molecule has 200 valence electrons. The number of hydrogen-bond donors (Lipinski definition) is 2. The SMILES string of the molecule is COC[C@@H]1C[C@H]2COc3c(Sc4cnc(N5CCC6(CC5)CO[C@@H](C)[C@H]6N)c(CO)n4)ccnc3N2C1. The van der Waals surface area contributed by atoms with Crippen molar-refractivity contribution in [2.24, 2.45) is 17.1 Å². The molecule has 0 aromatic carbocycles. The molecule has 1 spiro atoms. The summed E-state index contributed by atoms with van der Waals surface area (Å²) in [6, 6.07) is 2.35. The molecule has 0 radical (unpaired) electrons. The van der Waals surface area contributed by atoms with Gasteiger partial charge >= 0.3 is 0 Å². The number of aliphatic hydroxyl groups excluding tert-OH is 1. The fourth-order valence-corrected chi connectivity index (χ4v) is 7.24. The molecule has 3 saturated heterocycles. The first kappa shape index (κ1) is 25.1. The number of nitrogens with two attached hydrogens (primary N) is 1. The van der Waals surface area contributed by atoms with Crippen LogP contribution in [0.2, 0.25) is 0 Å². The third-order valence-corrected chi connectivity index (χ3v) is 9.46. The molecule has 6 rings (SSSR count). The first-order chi connectivity index (χ1) is 18.0. The van der Waals surface area contributed by atoms with E-state index >= 15 is 0 Å². The van der Waals surface area contributed by atoms with Crippen molar-refractivity contribution >= 4 is 23.4 Å². The van der Waals surface area contributed by atoms with Gasteiger partial charge in [0, 0.05) is 50.3 Å². The van der Waals surface area contributed by atoms with Gasteiger partial charge in [-0.3, -0.25) is 0 Å². The summed E-state index contributed by atoms with van der Waals surface area (Å²) in [4.78, 5) is 19.7. The fourth-order valence-electron chi connectivity index (χ4n) is 6.38. The van der Waals surface area contributed by atoms with E-state index in [4.69, 9.17) is 29.9 Å². The number of methoxy groups -OCH3 is 1. The van der Waals surface area contributed by atoms with Crippen molar-refractivity contribution in [3.05, 3.63) is 24.2 Å². The molecule has 6 heterocycles. The van der Waals surface area contributed by atoms with Crippen molar-refractivity contribution in [2.45, 2.75) is 60.9 Å². The smallest absolute Gasteiger partial charge is 0.175 e. The van der Waals surface area contributed by atoms with Crippen LogP contribution in [0.25, 0.3) is 0 Å². The molecule has 2 aromatic heterocycles. The van der Waals surface area contributed by atoms with Gasteiger partial charge in [0.05, 0.1) is 43.1 Å². The quantitative estimate of drug-likeness (QED) is 0.573. The number of hydrogen-bond acceptors (Lipinski definition) is 11. The number of rotatable bonds is 6. The van der Waals surface area contributed by atoms with E-state index in [1.165, 1.54) is 11.8 Å². The molecule has 11 heteroatoms. The number of aliphatic hydroxyl groups is 1. The van der Waals surface area contributed by atoms with Gasteiger partial charge in [0.2, 0.25) is 0 Å². The molecular weight excluding hydrogens is 492 g/mol. The van der Waals surface area contributed by atoms with Crippen LogP contribution >= 0.6 is 11.8 Å². The van der Waals surface area contributed by atoms with Crippen molar-refractivity contribution in [2.75, 3.05) is 56.4 Å². The standard InChI is InChI=1S/C26H36N6O4S/c1-16-23(27)26(15-36-16)4-7-31(8-5-26)24-19(12-33)30-21(10-29-24)37-20-3-6-28-25-22(20)35-14-18-9-17(13-34-2)11-32(18)25/h3,6,10,16-18,23,33H,4-5,7-9,11-15,27H2,1-2H3/t16-,17+,18-,23+/m0/s1. The highest BCUT2D eigenvalue weighted by Gasteiger charge is 2.48. The Balaban J connectivity index is 1.18.